The first-order valence-corrected chi connectivity index (χ1v) is 7.06. The van der Waals surface area contributed by atoms with Crippen molar-refractivity contribution in [3.05, 3.63) is 26.5 Å². The Kier molecular flexibility index (Phi) is 3.79. The monoisotopic (exact) mass is 311 g/mol. The molecule has 0 spiro atoms. The summed E-state index contributed by atoms with van der Waals surface area (Å²) in [4.78, 5) is 11.5. The van der Waals surface area contributed by atoms with Gasteiger partial charge in [-0.2, -0.15) is 0 Å². The van der Waals surface area contributed by atoms with Gasteiger partial charge in [-0.15, -0.1) is 11.3 Å². The molecular formula is C12H14BrN3S. The van der Waals surface area contributed by atoms with Crippen molar-refractivity contribution in [2.24, 2.45) is 0 Å². The number of aromatic nitrogens is 2. The highest BCUT2D eigenvalue weighted by Gasteiger charge is 2.10. The number of aryl methyl sites for hydroxylation is 2. The summed E-state index contributed by atoms with van der Waals surface area (Å²) in [5.74, 6) is 1.63. The van der Waals surface area contributed by atoms with Gasteiger partial charge in [0.1, 0.15) is 5.82 Å². The van der Waals surface area contributed by atoms with Gasteiger partial charge >= 0.3 is 0 Å². The van der Waals surface area contributed by atoms with Crippen molar-refractivity contribution >= 4 is 33.1 Å². The number of anilines is 1. The fourth-order valence-corrected chi connectivity index (χ4v) is 2.89. The van der Waals surface area contributed by atoms with Gasteiger partial charge in [-0.05, 0) is 42.8 Å². The van der Waals surface area contributed by atoms with E-state index in [9.17, 15) is 0 Å². The van der Waals surface area contributed by atoms with Gasteiger partial charge in [0.25, 0.3) is 0 Å². The van der Waals surface area contributed by atoms with Crippen LogP contribution in [-0.4, -0.2) is 16.5 Å². The third-order valence-electron chi connectivity index (χ3n) is 2.37. The number of halogens is 1. The quantitative estimate of drug-likeness (QED) is 0.930. The summed E-state index contributed by atoms with van der Waals surface area (Å²) in [6, 6.07) is 2.14. The Balaban J connectivity index is 2.46. The van der Waals surface area contributed by atoms with Crippen molar-refractivity contribution in [1.29, 1.82) is 0 Å². The van der Waals surface area contributed by atoms with Crippen LogP contribution in [0, 0.1) is 13.8 Å². The number of nitrogens with one attached hydrogen (secondary N) is 1. The van der Waals surface area contributed by atoms with Gasteiger partial charge in [0, 0.05) is 28.1 Å². The molecule has 0 aliphatic carbocycles. The molecule has 0 unspecified atom stereocenters. The summed E-state index contributed by atoms with van der Waals surface area (Å²) < 4.78 is 0.896. The molecule has 2 heterocycles. The lowest BCUT2D eigenvalue weighted by Gasteiger charge is -2.06. The molecule has 5 heteroatoms. The van der Waals surface area contributed by atoms with E-state index in [4.69, 9.17) is 0 Å². The average Bonchev–Trinajstić information content (AvgIpc) is 2.61. The highest BCUT2D eigenvalue weighted by molar-refractivity contribution is 9.10. The molecule has 0 radical (unpaired) electrons. The van der Waals surface area contributed by atoms with Crippen LogP contribution in [0.4, 0.5) is 5.82 Å². The highest BCUT2D eigenvalue weighted by atomic mass is 79.9. The molecule has 0 fully saturated rings. The molecule has 90 valence electrons. The van der Waals surface area contributed by atoms with Crippen molar-refractivity contribution in [1.82, 2.24) is 9.97 Å². The van der Waals surface area contributed by atoms with Gasteiger partial charge in [-0.25, -0.2) is 9.97 Å². The van der Waals surface area contributed by atoms with E-state index in [-0.39, 0.29) is 0 Å². The topological polar surface area (TPSA) is 37.8 Å². The second kappa shape index (κ2) is 5.14. The summed E-state index contributed by atoms with van der Waals surface area (Å²) in [5.41, 5.74) is 1.12. The third-order valence-corrected chi connectivity index (χ3v) is 3.92. The molecule has 0 aliphatic heterocycles. The average molecular weight is 312 g/mol. The Labute approximate surface area is 113 Å². The van der Waals surface area contributed by atoms with E-state index in [1.165, 1.54) is 9.75 Å². The first-order chi connectivity index (χ1) is 8.11. The molecule has 0 saturated heterocycles. The zero-order valence-corrected chi connectivity index (χ0v) is 12.4. The first kappa shape index (κ1) is 12.5. The second-order valence-electron chi connectivity index (χ2n) is 3.75. The smallest absolute Gasteiger partial charge is 0.162 e. The highest BCUT2D eigenvalue weighted by Crippen LogP contribution is 2.30. The minimum atomic E-state index is 0.783. The van der Waals surface area contributed by atoms with Crippen LogP contribution in [0.2, 0.25) is 0 Å². The second-order valence-corrected chi connectivity index (χ2v) is 6.06. The maximum atomic E-state index is 4.54. The lowest BCUT2D eigenvalue weighted by atomic mass is 10.2. The van der Waals surface area contributed by atoms with E-state index < -0.39 is 0 Å². The molecule has 17 heavy (non-hydrogen) atoms. The minimum absolute atomic E-state index is 0.783. The lowest BCUT2D eigenvalue weighted by molar-refractivity contribution is 1.10. The van der Waals surface area contributed by atoms with Gasteiger partial charge in [0.2, 0.25) is 0 Å². The Hall–Kier alpha value is -0.940. The van der Waals surface area contributed by atoms with Gasteiger partial charge in [0.15, 0.2) is 5.82 Å². The van der Waals surface area contributed by atoms with Crippen LogP contribution >= 0.6 is 27.3 Å². The summed E-state index contributed by atoms with van der Waals surface area (Å²) in [6.07, 6.45) is 1.80. The van der Waals surface area contributed by atoms with Gasteiger partial charge in [0.05, 0.1) is 4.47 Å². The molecule has 0 amide bonds. The fourth-order valence-electron chi connectivity index (χ4n) is 1.64. The van der Waals surface area contributed by atoms with Crippen molar-refractivity contribution in [2.45, 2.75) is 20.8 Å². The molecule has 0 bridgehead atoms. The van der Waals surface area contributed by atoms with Crippen LogP contribution in [0.5, 0.6) is 0 Å². The van der Waals surface area contributed by atoms with E-state index in [2.05, 4.69) is 51.1 Å². The third kappa shape index (κ3) is 2.66. The fraction of sp³-hybridized carbons (Fsp3) is 0.333. The molecule has 2 aromatic heterocycles. The van der Waals surface area contributed by atoms with Gasteiger partial charge in [-0.3, -0.25) is 0 Å². The maximum absolute atomic E-state index is 4.54. The Morgan fingerprint density at radius 2 is 2.18 bits per heavy atom. The lowest BCUT2D eigenvalue weighted by Crippen LogP contribution is -2.02. The Morgan fingerprint density at radius 1 is 1.41 bits per heavy atom. The van der Waals surface area contributed by atoms with Crippen LogP contribution in [0.25, 0.3) is 11.4 Å². The molecule has 2 aromatic rings. The summed E-state index contributed by atoms with van der Waals surface area (Å²) >= 11 is 5.22. The summed E-state index contributed by atoms with van der Waals surface area (Å²) in [6.45, 7) is 7.10. The standard InChI is InChI=1S/C12H14BrN3S/c1-4-14-12-10(13)6-15-11(16-12)9-5-7(2)17-8(9)3/h5-6H,4H2,1-3H3,(H,14,15,16). The van der Waals surface area contributed by atoms with E-state index in [1.54, 1.807) is 17.5 Å². The number of thiophene rings is 1. The Bertz CT molecular complexity index is 537. The molecule has 3 nitrogen and oxygen atoms in total. The zero-order chi connectivity index (χ0) is 12.4. The number of hydrogen-bond acceptors (Lipinski definition) is 4. The summed E-state index contributed by atoms with van der Waals surface area (Å²) in [5, 5.41) is 3.22. The van der Waals surface area contributed by atoms with Crippen LogP contribution in [-0.2, 0) is 0 Å². The van der Waals surface area contributed by atoms with Crippen molar-refractivity contribution < 1.29 is 0 Å². The van der Waals surface area contributed by atoms with Crippen LogP contribution in [0.1, 0.15) is 16.7 Å². The van der Waals surface area contributed by atoms with E-state index >= 15 is 0 Å². The molecule has 1 N–H and O–H groups in total. The zero-order valence-electron chi connectivity index (χ0n) is 10.0. The molecule has 0 saturated carbocycles. The van der Waals surface area contributed by atoms with Crippen molar-refractivity contribution in [2.75, 3.05) is 11.9 Å². The maximum Gasteiger partial charge on any atom is 0.162 e. The van der Waals surface area contributed by atoms with E-state index in [0.29, 0.717) is 0 Å². The predicted octanol–water partition coefficient (Wildman–Crippen LogP) is 4.02. The van der Waals surface area contributed by atoms with E-state index in [1.807, 2.05) is 6.92 Å². The van der Waals surface area contributed by atoms with Crippen LogP contribution in [0.15, 0.2) is 16.7 Å². The molecule has 0 atom stereocenters. The van der Waals surface area contributed by atoms with Crippen molar-refractivity contribution in [3.8, 4) is 11.4 Å². The SMILES string of the molecule is CCNc1nc(-c2cc(C)sc2C)ncc1Br. The molecule has 2 rings (SSSR count). The van der Waals surface area contributed by atoms with Gasteiger partial charge in [-0.1, -0.05) is 0 Å². The van der Waals surface area contributed by atoms with Gasteiger partial charge < -0.3 is 5.32 Å². The largest absolute Gasteiger partial charge is 0.369 e. The van der Waals surface area contributed by atoms with Crippen molar-refractivity contribution in [3.63, 3.8) is 0 Å². The van der Waals surface area contributed by atoms with Crippen LogP contribution < -0.4 is 5.32 Å². The first-order valence-electron chi connectivity index (χ1n) is 5.45. The summed E-state index contributed by atoms with van der Waals surface area (Å²) in [7, 11) is 0. The Morgan fingerprint density at radius 3 is 2.76 bits per heavy atom. The number of nitrogens with zero attached hydrogens (tertiary/aromatic N) is 2. The van der Waals surface area contributed by atoms with Crippen LogP contribution in [0.3, 0.4) is 0 Å². The molecular weight excluding hydrogens is 298 g/mol. The number of hydrogen-bond donors (Lipinski definition) is 1. The normalized spacial score (nSPS) is 10.6. The predicted molar refractivity (Wildman–Crippen MR) is 76.7 cm³/mol. The molecule has 0 aromatic carbocycles. The minimum Gasteiger partial charge on any atom is -0.369 e. The van der Waals surface area contributed by atoms with E-state index in [0.717, 1.165) is 28.2 Å². The molecule has 0 aliphatic rings. The number of rotatable bonds is 3.